The number of hydrogen-bond acceptors (Lipinski definition) is 5. The lowest BCUT2D eigenvalue weighted by molar-refractivity contribution is -0.117. The maximum atomic E-state index is 12.6. The van der Waals surface area contributed by atoms with Crippen molar-refractivity contribution in [2.75, 3.05) is 5.32 Å². The second kappa shape index (κ2) is 6.36. The summed E-state index contributed by atoms with van der Waals surface area (Å²) in [7, 11) is 0. The lowest BCUT2D eigenvalue weighted by atomic mass is 9.85. The number of fused-ring (bicyclic) bond motifs is 1. The Kier molecular flexibility index (Phi) is 4.06. The van der Waals surface area contributed by atoms with E-state index in [0.29, 0.717) is 23.7 Å². The van der Waals surface area contributed by atoms with Crippen molar-refractivity contribution in [2.24, 2.45) is 5.92 Å². The molecule has 1 aromatic carbocycles. The summed E-state index contributed by atoms with van der Waals surface area (Å²) in [5.41, 5.74) is 1.59. The van der Waals surface area contributed by atoms with Crippen LogP contribution in [0.3, 0.4) is 0 Å². The molecular weight excluding hydrogens is 304 g/mol. The molecule has 0 radical (unpaired) electrons. The predicted octanol–water partition coefficient (Wildman–Crippen LogP) is 2.90. The monoisotopic (exact) mass is 326 g/mol. The van der Waals surface area contributed by atoms with Crippen LogP contribution >= 0.6 is 0 Å². The second-order valence-electron chi connectivity index (χ2n) is 6.81. The molecule has 6 nitrogen and oxygen atoms in total. The summed E-state index contributed by atoms with van der Waals surface area (Å²) in [6.45, 7) is 1.76. The van der Waals surface area contributed by atoms with Crippen molar-refractivity contribution < 1.29 is 9.32 Å². The van der Waals surface area contributed by atoms with Crippen LogP contribution in [-0.4, -0.2) is 28.1 Å². The van der Waals surface area contributed by atoms with E-state index in [4.69, 9.17) is 4.52 Å². The van der Waals surface area contributed by atoms with Gasteiger partial charge in [-0.15, -0.1) is 0 Å². The molecule has 2 aromatic rings. The third kappa shape index (κ3) is 3.06. The number of rotatable bonds is 3. The average molecular weight is 326 g/mol. The second-order valence-corrected chi connectivity index (χ2v) is 6.81. The maximum absolute atomic E-state index is 12.6. The number of anilines is 1. The molecule has 2 aliphatic rings. The maximum Gasteiger partial charge on any atom is 0.241 e. The Morgan fingerprint density at radius 1 is 1.33 bits per heavy atom. The number of aromatic nitrogens is 2. The summed E-state index contributed by atoms with van der Waals surface area (Å²) in [4.78, 5) is 16.8. The quantitative estimate of drug-likeness (QED) is 0.906. The van der Waals surface area contributed by atoms with E-state index in [0.717, 1.165) is 17.7 Å². The zero-order valence-electron chi connectivity index (χ0n) is 13.8. The van der Waals surface area contributed by atoms with E-state index < -0.39 is 0 Å². The zero-order valence-corrected chi connectivity index (χ0v) is 13.8. The Labute approximate surface area is 141 Å². The molecule has 0 spiro atoms. The van der Waals surface area contributed by atoms with Crippen LogP contribution in [0.15, 0.2) is 28.8 Å². The summed E-state index contributed by atoms with van der Waals surface area (Å²) in [5, 5.41) is 10.5. The van der Waals surface area contributed by atoms with Crippen molar-refractivity contribution in [3.05, 3.63) is 30.2 Å². The third-order valence-corrected chi connectivity index (χ3v) is 5.10. The van der Waals surface area contributed by atoms with Crippen LogP contribution in [0.25, 0.3) is 11.4 Å². The van der Waals surface area contributed by atoms with Crippen LogP contribution in [-0.2, 0) is 4.79 Å². The van der Waals surface area contributed by atoms with E-state index in [1.54, 1.807) is 6.92 Å². The molecule has 4 rings (SSSR count). The number of nitrogens with zero attached hydrogens (tertiary/aromatic N) is 2. The molecule has 6 heteroatoms. The number of carbonyl (C=O) groups excluding carboxylic acids is 1. The number of hydrogen-bond donors (Lipinski definition) is 2. The lowest BCUT2D eigenvalue weighted by Crippen LogP contribution is -2.39. The first-order chi connectivity index (χ1) is 11.7. The zero-order chi connectivity index (χ0) is 16.5. The Morgan fingerprint density at radius 3 is 3.00 bits per heavy atom. The molecule has 1 amide bonds. The molecule has 24 heavy (non-hydrogen) atoms. The summed E-state index contributed by atoms with van der Waals surface area (Å²) in [6, 6.07) is 7.98. The molecule has 3 atom stereocenters. The molecule has 0 bridgehead atoms. The minimum atomic E-state index is -0.0887. The van der Waals surface area contributed by atoms with E-state index >= 15 is 0 Å². The molecule has 1 aliphatic heterocycles. The smallest absolute Gasteiger partial charge is 0.241 e. The van der Waals surface area contributed by atoms with Crippen LogP contribution in [0.4, 0.5) is 5.69 Å². The topological polar surface area (TPSA) is 80.0 Å². The van der Waals surface area contributed by atoms with Gasteiger partial charge in [-0.25, -0.2) is 0 Å². The van der Waals surface area contributed by atoms with Crippen LogP contribution < -0.4 is 10.6 Å². The summed E-state index contributed by atoms with van der Waals surface area (Å²) < 4.78 is 5.02. The summed E-state index contributed by atoms with van der Waals surface area (Å²) >= 11 is 0. The molecule has 2 heterocycles. The van der Waals surface area contributed by atoms with E-state index in [2.05, 4.69) is 20.8 Å². The van der Waals surface area contributed by atoms with Crippen LogP contribution in [0.5, 0.6) is 0 Å². The van der Waals surface area contributed by atoms with Gasteiger partial charge in [0.05, 0.1) is 6.04 Å². The Morgan fingerprint density at radius 2 is 2.21 bits per heavy atom. The molecule has 0 unspecified atom stereocenters. The predicted molar refractivity (Wildman–Crippen MR) is 90.4 cm³/mol. The van der Waals surface area contributed by atoms with Gasteiger partial charge in [0.15, 0.2) is 0 Å². The first-order valence-corrected chi connectivity index (χ1v) is 8.67. The van der Waals surface area contributed by atoms with E-state index in [1.807, 2.05) is 24.3 Å². The van der Waals surface area contributed by atoms with Crippen molar-refractivity contribution in [1.82, 2.24) is 15.5 Å². The normalized spacial score (nSPS) is 26.1. The summed E-state index contributed by atoms with van der Waals surface area (Å²) in [6.07, 6.45) is 5.95. The highest BCUT2D eigenvalue weighted by molar-refractivity contribution is 5.95. The standard InChI is InChI=1S/C18H22N4O2/c1-11-19-17(22-24-11)13-6-4-7-14(9-13)20-18(23)16-10-12-5-2-3-8-15(12)21-16/h4,6-7,9,12,15-16,21H,2-3,5,8,10H2,1H3,(H,20,23)/t12-,15-,16-/m0/s1. The SMILES string of the molecule is Cc1nc(-c2cccc(NC(=O)[C@@H]3C[C@@H]4CCCC[C@@H]4N3)c2)no1. The molecular formula is C18H22N4O2. The van der Waals surface area contributed by atoms with Gasteiger partial charge in [-0.1, -0.05) is 30.1 Å². The fourth-order valence-electron chi connectivity index (χ4n) is 3.90. The van der Waals surface area contributed by atoms with Gasteiger partial charge in [-0.2, -0.15) is 4.98 Å². The van der Waals surface area contributed by atoms with Crippen LogP contribution in [0, 0.1) is 12.8 Å². The van der Waals surface area contributed by atoms with Crippen LogP contribution in [0.2, 0.25) is 0 Å². The highest BCUT2D eigenvalue weighted by Gasteiger charge is 2.38. The fourth-order valence-corrected chi connectivity index (χ4v) is 3.90. The minimum Gasteiger partial charge on any atom is -0.339 e. The Balaban J connectivity index is 1.44. The molecule has 2 N–H and O–H groups in total. The van der Waals surface area contributed by atoms with Gasteiger partial charge < -0.3 is 15.2 Å². The minimum absolute atomic E-state index is 0.0471. The first kappa shape index (κ1) is 15.3. The van der Waals surface area contributed by atoms with Gasteiger partial charge in [-0.05, 0) is 37.3 Å². The van der Waals surface area contributed by atoms with Gasteiger partial charge in [0.2, 0.25) is 17.6 Å². The van der Waals surface area contributed by atoms with E-state index in [-0.39, 0.29) is 11.9 Å². The average Bonchev–Trinajstić information content (AvgIpc) is 3.21. The molecule has 126 valence electrons. The van der Waals surface area contributed by atoms with Crippen molar-refractivity contribution in [3.8, 4) is 11.4 Å². The fraction of sp³-hybridized carbons (Fsp3) is 0.500. The van der Waals surface area contributed by atoms with Gasteiger partial charge in [0.25, 0.3) is 0 Å². The van der Waals surface area contributed by atoms with Gasteiger partial charge in [0, 0.05) is 24.2 Å². The third-order valence-electron chi connectivity index (χ3n) is 5.10. The van der Waals surface area contributed by atoms with Gasteiger partial charge >= 0.3 is 0 Å². The highest BCUT2D eigenvalue weighted by Crippen LogP contribution is 2.33. The first-order valence-electron chi connectivity index (χ1n) is 8.67. The molecule has 1 aliphatic carbocycles. The van der Waals surface area contributed by atoms with Crippen molar-refractivity contribution >= 4 is 11.6 Å². The van der Waals surface area contributed by atoms with Crippen molar-refractivity contribution in [3.63, 3.8) is 0 Å². The lowest BCUT2D eigenvalue weighted by Gasteiger charge is -2.24. The van der Waals surface area contributed by atoms with E-state index in [1.165, 1.54) is 25.7 Å². The summed E-state index contributed by atoms with van der Waals surface area (Å²) in [5.74, 6) is 1.76. The number of carbonyl (C=O) groups is 1. The molecule has 1 saturated heterocycles. The molecule has 2 fully saturated rings. The number of aryl methyl sites for hydroxylation is 1. The Hall–Kier alpha value is -2.21. The van der Waals surface area contributed by atoms with Crippen molar-refractivity contribution in [2.45, 2.75) is 51.1 Å². The molecule has 1 aromatic heterocycles. The molecule has 1 saturated carbocycles. The van der Waals surface area contributed by atoms with Crippen molar-refractivity contribution in [1.29, 1.82) is 0 Å². The van der Waals surface area contributed by atoms with E-state index in [9.17, 15) is 4.79 Å². The van der Waals surface area contributed by atoms with Crippen LogP contribution in [0.1, 0.15) is 38.0 Å². The van der Waals surface area contributed by atoms with Gasteiger partial charge in [0.1, 0.15) is 0 Å². The Bertz CT molecular complexity index is 728. The number of nitrogens with one attached hydrogen (secondary N) is 2. The largest absolute Gasteiger partial charge is 0.339 e. The number of amides is 1. The van der Waals surface area contributed by atoms with Gasteiger partial charge in [-0.3, -0.25) is 4.79 Å². The highest BCUT2D eigenvalue weighted by atomic mass is 16.5. The number of benzene rings is 1.